The van der Waals surface area contributed by atoms with Gasteiger partial charge in [0.05, 0.1) is 19.5 Å². The molecule has 1 atom stereocenters. The number of esters is 1. The van der Waals surface area contributed by atoms with Gasteiger partial charge in [0.1, 0.15) is 11.8 Å². The predicted octanol–water partition coefficient (Wildman–Crippen LogP) is 5.01. The molecule has 0 amide bonds. The van der Waals surface area contributed by atoms with E-state index in [1.807, 2.05) is 0 Å². The molecule has 2 heterocycles. The number of rotatable bonds is 7. The topological polar surface area (TPSA) is 94.4 Å². The maximum Gasteiger partial charge on any atom is 0.425 e. The number of nitrogens with zero attached hydrogens (tertiary/aromatic N) is 3. The number of methoxy groups -OCH3 is 1. The number of carbonyl (C=O) groups excluding carboxylic acids is 1. The highest BCUT2D eigenvalue weighted by Gasteiger charge is 2.57. The molecule has 12 heteroatoms. The predicted molar refractivity (Wildman–Crippen MR) is 117 cm³/mol. The number of ether oxygens (including phenoxy) is 2. The van der Waals surface area contributed by atoms with Gasteiger partial charge in [-0.2, -0.15) is 13.2 Å². The van der Waals surface area contributed by atoms with Crippen LogP contribution in [-0.2, 0) is 16.9 Å². The third-order valence-electron chi connectivity index (χ3n) is 4.76. The van der Waals surface area contributed by atoms with Crippen molar-refractivity contribution in [3.05, 3.63) is 88.1 Å². The summed E-state index contributed by atoms with van der Waals surface area (Å²) in [7, 11) is 1.21. The Balaban J connectivity index is 1.83. The molecule has 0 aliphatic rings. The second-order valence-corrected chi connectivity index (χ2v) is 7.68. The smallest absolute Gasteiger partial charge is 0.425 e. The minimum Gasteiger partial charge on any atom is -0.472 e. The quantitative estimate of drug-likeness (QED) is 0.350. The molecule has 0 fully saturated rings. The Labute approximate surface area is 201 Å². The summed E-state index contributed by atoms with van der Waals surface area (Å²) in [5.74, 6) is -0.562. The van der Waals surface area contributed by atoms with Gasteiger partial charge in [-0.15, -0.1) is 0 Å². The van der Waals surface area contributed by atoms with E-state index in [9.17, 15) is 23.1 Å². The molecule has 178 valence electrons. The van der Waals surface area contributed by atoms with Gasteiger partial charge in [-0.1, -0.05) is 41.9 Å². The van der Waals surface area contributed by atoms with Crippen molar-refractivity contribution < 1.29 is 32.5 Å². The van der Waals surface area contributed by atoms with E-state index in [1.165, 1.54) is 37.7 Å². The summed E-state index contributed by atoms with van der Waals surface area (Å²) in [6, 6.07) is 6.01. The maximum atomic E-state index is 14.0. The van der Waals surface area contributed by atoms with Crippen LogP contribution in [0.25, 0.3) is 5.57 Å². The maximum absolute atomic E-state index is 14.0. The van der Waals surface area contributed by atoms with Crippen LogP contribution in [0, 0.1) is 0 Å². The summed E-state index contributed by atoms with van der Waals surface area (Å²) >= 11 is 12.0. The lowest BCUT2D eigenvalue weighted by atomic mass is 9.82. The molecular weight excluding hydrogens is 498 g/mol. The molecule has 1 N–H and O–H groups in total. The summed E-state index contributed by atoms with van der Waals surface area (Å²) in [5.41, 5.74) is -4.35. The first kappa shape index (κ1) is 25.4. The molecule has 3 rings (SSSR count). The molecule has 0 aliphatic carbocycles. The van der Waals surface area contributed by atoms with Crippen molar-refractivity contribution in [2.75, 3.05) is 7.11 Å². The number of alkyl halides is 3. The number of hydrogen-bond donors (Lipinski definition) is 1. The van der Waals surface area contributed by atoms with Gasteiger partial charge in [0.15, 0.2) is 5.69 Å². The highest BCUT2D eigenvalue weighted by atomic mass is 35.5. The summed E-state index contributed by atoms with van der Waals surface area (Å²) in [4.78, 5) is 22.8. The van der Waals surface area contributed by atoms with Gasteiger partial charge in [0.2, 0.25) is 11.5 Å². The highest BCUT2D eigenvalue weighted by Crippen LogP contribution is 2.48. The van der Waals surface area contributed by atoms with Crippen molar-refractivity contribution in [1.82, 2.24) is 15.0 Å². The second kappa shape index (κ2) is 9.96. The zero-order valence-corrected chi connectivity index (χ0v) is 18.9. The van der Waals surface area contributed by atoms with Crippen molar-refractivity contribution in [3.8, 4) is 5.88 Å². The van der Waals surface area contributed by atoms with Crippen LogP contribution in [0.4, 0.5) is 13.2 Å². The van der Waals surface area contributed by atoms with Crippen LogP contribution < -0.4 is 4.74 Å². The van der Waals surface area contributed by atoms with Crippen LogP contribution in [0.1, 0.15) is 27.2 Å². The Morgan fingerprint density at radius 3 is 2.41 bits per heavy atom. The molecule has 0 radical (unpaired) electrons. The van der Waals surface area contributed by atoms with E-state index in [2.05, 4.69) is 26.3 Å². The van der Waals surface area contributed by atoms with E-state index in [0.29, 0.717) is 5.56 Å². The Bertz CT molecular complexity index is 1220. The number of benzene rings is 1. The monoisotopic (exact) mass is 513 g/mol. The first-order valence-corrected chi connectivity index (χ1v) is 10.2. The van der Waals surface area contributed by atoms with E-state index in [0.717, 1.165) is 18.3 Å². The first-order chi connectivity index (χ1) is 16.0. The van der Waals surface area contributed by atoms with Crippen LogP contribution in [0.15, 0.2) is 55.5 Å². The van der Waals surface area contributed by atoms with Crippen LogP contribution in [0.5, 0.6) is 5.88 Å². The highest BCUT2D eigenvalue weighted by molar-refractivity contribution is 6.32. The normalized spacial score (nSPS) is 13.1. The zero-order valence-electron chi connectivity index (χ0n) is 17.4. The van der Waals surface area contributed by atoms with Gasteiger partial charge in [-0.25, -0.2) is 19.7 Å². The molecule has 0 bridgehead atoms. The van der Waals surface area contributed by atoms with E-state index in [1.54, 1.807) is 0 Å². The molecule has 34 heavy (non-hydrogen) atoms. The Kier molecular flexibility index (Phi) is 7.44. The third kappa shape index (κ3) is 5.14. The molecule has 0 saturated heterocycles. The lowest BCUT2D eigenvalue weighted by Gasteiger charge is -2.33. The molecule has 0 saturated carbocycles. The van der Waals surface area contributed by atoms with Gasteiger partial charge in [-0.3, -0.25) is 0 Å². The van der Waals surface area contributed by atoms with Crippen molar-refractivity contribution >= 4 is 34.7 Å². The Morgan fingerprint density at radius 1 is 1.12 bits per heavy atom. The van der Waals surface area contributed by atoms with E-state index in [4.69, 9.17) is 27.9 Å². The van der Waals surface area contributed by atoms with Crippen molar-refractivity contribution in [2.45, 2.75) is 18.4 Å². The molecule has 7 nitrogen and oxygen atoms in total. The summed E-state index contributed by atoms with van der Waals surface area (Å²) in [6.07, 6.45) is -1.70. The van der Waals surface area contributed by atoms with Gasteiger partial charge < -0.3 is 14.6 Å². The number of hydrogen-bond acceptors (Lipinski definition) is 7. The van der Waals surface area contributed by atoms with Gasteiger partial charge in [0, 0.05) is 16.8 Å². The number of aliphatic hydroxyl groups is 1. The Hall–Kier alpha value is -3.21. The van der Waals surface area contributed by atoms with Crippen LogP contribution >= 0.6 is 23.2 Å². The number of halogens is 5. The number of aromatic nitrogens is 3. The fourth-order valence-electron chi connectivity index (χ4n) is 2.98. The number of carbonyl (C=O) groups is 1. The van der Waals surface area contributed by atoms with E-state index in [-0.39, 0.29) is 33.9 Å². The van der Waals surface area contributed by atoms with Gasteiger partial charge in [0.25, 0.3) is 0 Å². The fourth-order valence-corrected chi connectivity index (χ4v) is 3.47. The lowest BCUT2D eigenvalue weighted by Crippen LogP contribution is -2.43. The average molecular weight is 514 g/mol. The standard InChI is InChI=1S/C22H16Cl2F3N3O4/c1-12(21(32,22(25,26)27)14-5-6-28-18(24)8-14)15-4-3-13(7-16(15)23)11-34-19-10-29-17(9-30-19)20(31)33-2/h3-10,32H,1,11H2,2H3/t21-/m1/s1. The molecule has 2 aromatic heterocycles. The molecule has 0 aliphatic heterocycles. The van der Waals surface area contributed by atoms with Crippen molar-refractivity contribution in [2.24, 2.45) is 0 Å². The summed E-state index contributed by atoms with van der Waals surface area (Å²) in [6.45, 7) is 3.42. The minimum atomic E-state index is -5.13. The molecule has 3 aromatic rings. The van der Waals surface area contributed by atoms with Gasteiger partial charge >= 0.3 is 12.1 Å². The minimum absolute atomic E-state index is 0.00611. The lowest BCUT2D eigenvalue weighted by molar-refractivity contribution is -0.240. The molecule has 1 aromatic carbocycles. The number of pyridine rings is 1. The summed E-state index contributed by atoms with van der Waals surface area (Å²) in [5, 5.41) is 10.4. The molecule has 0 spiro atoms. The molecular formula is C22H16Cl2F3N3O4. The Morgan fingerprint density at radius 2 is 1.85 bits per heavy atom. The van der Waals surface area contributed by atoms with E-state index >= 15 is 0 Å². The SMILES string of the molecule is C=C(c1ccc(COc2cnc(C(=O)OC)cn2)cc1Cl)[C@@](O)(c1ccnc(Cl)c1)C(F)(F)F. The third-order valence-corrected chi connectivity index (χ3v) is 5.28. The van der Waals surface area contributed by atoms with E-state index < -0.39 is 28.9 Å². The second-order valence-electron chi connectivity index (χ2n) is 6.89. The first-order valence-electron chi connectivity index (χ1n) is 9.40. The summed E-state index contributed by atoms with van der Waals surface area (Å²) < 4.78 is 52.0. The molecule has 0 unspecified atom stereocenters. The van der Waals surface area contributed by atoms with Gasteiger partial charge in [-0.05, 0) is 34.9 Å². The van der Waals surface area contributed by atoms with Crippen LogP contribution in [0.3, 0.4) is 0 Å². The van der Waals surface area contributed by atoms with Crippen LogP contribution in [0.2, 0.25) is 10.2 Å². The zero-order chi connectivity index (χ0) is 25.1. The van der Waals surface area contributed by atoms with Crippen molar-refractivity contribution in [1.29, 1.82) is 0 Å². The average Bonchev–Trinajstić information content (AvgIpc) is 2.81. The fraction of sp³-hybridized carbons (Fsp3) is 0.182. The van der Waals surface area contributed by atoms with Crippen LogP contribution in [-0.4, -0.2) is 39.3 Å². The largest absolute Gasteiger partial charge is 0.472 e. The van der Waals surface area contributed by atoms with Crippen molar-refractivity contribution in [3.63, 3.8) is 0 Å².